The van der Waals surface area contributed by atoms with Crippen LogP contribution in [-0.4, -0.2) is 39.5 Å². The lowest BCUT2D eigenvalue weighted by Gasteiger charge is -2.28. The highest BCUT2D eigenvalue weighted by atomic mass is 16.3. The van der Waals surface area contributed by atoms with Gasteiger partial charge in [-0.1, -0.05) is 36.4 Å². The first-order chi connectivity index (χ1) is 11.6. The van der Waals surface area contributed by atoms with Crippen molar-refractivity contribution in [3.63, 3.8) is 0 Å². The summed E-state index contributed by atoms with van der Waals surface area (Å²) in [6, 6.07) is 15.3. The summed E-state index contributed by atoms with van der Waals surface area (Å²) in [5, 5.41) is 30.5. The summed E-state index contributed by atoms with van der Waals surface area (Å²) < 4.78 is 0. The van der Waals surface area contributed by atoms with Crippen LogP contribution in [0, 0.1) is 0 Å². The van der Waals surface area contributed by atoms with Crippen LogP contribution >= 0.6 is 0 Å². The van der Waals surface area contributed by atoms with Gasteiger partial charge in [-0.2, -0.15) is 0 Å². The van der Waals surface area contributed by atoms with Crippen LogP contribution in [0.3, 0.4) is 0 Å². The van der Waals surface area contributed by atoms with E-state index < -0.39 is 12.3 Å². The topological polar surface area (TPSA) is 63.9 Å². The Hall–Kier alpha value is -1.88. The van der Waals surface area contributed by atoms with Crippen LogP contribution in [0.2, 0.25) is 0 Å². The number of aromatic hydroxyl groups is 1. The maximum Gasteiger partial charge on any atom is 0.137 e. The third-order valence-corrected chi connectivity index (χ3v) is 4.77. The molecule has 0 aliphatic carbocycles. The van der Waals surface area contributed by atoms with Crippen molar-refractivity contribution >= 4 is 0 Å². The molecule has 0 fully saturated rings. The lowest BCUT2D eigenvalue weighted by atomic mass is 10.0. The minimum absolute atomic E-state index is 0.201. The Kier molecular flexibility index (Phi) is 5.51. The zero-order chi connectivity index (χ0) is 16.9. The number of benzene rings is 2. The predicted molar refractivity (Wildman–Crippen MR) is 93.7 cm³/mol. The van der Waals surface area contributed by atoms with E-state index in [9.17, 15) is 15.3 Å². The molecule has 1 aliphatic rings. The summed E-state index contributed by atoms with van der Waals surface area (Å²) in [5.41, 5.74) is 2.96. The Bertz CT molecular complexity index is 659. The highest BCUT2D eigenvalue weighted by Crippen LogP contribution is 2.30. The molecule has 2 atom stereocenters. The van der Waals surface area contributed by atoms with Gasteiger partial charge >= 0.3 is 0 Å². The van der Waals surface area contributed by atoms with Crippen LogP contribution < -0.4 is 0 Å². The second-order valence-corrected chi connectivity index (χ2v) is 6.47. The minimum atomic E-state index is -0.933. The summed E-state index contributed by atoms with van der Waals surface area (Å²) in [5.74, 6) is 0.201. The number of aryl methyl sites for hydroxylation is 1. The normalized spacial score (nSPS) is 21.2. The first-order valence-electron chi connectivity index (χ1n) is 8.61. The zero-order valence-electron chi connectivity index (χ0n) is 13.8. The summed E-state index contributed by atoms with van der Waals surface area (Å²) in [6.07, 6.45) is 1.94. The molecule has 0 spiro atoms. The molecule has 0 radical (unpaired) electrons. The van der Waals surface area contributed by atoms with E-state index in [2.05, 4.69) is 24.3 Å². The SMILES string of the molecule is Oc1ccc2c(c1)CCN(CCCCc1ccccc1)[C@H](O)[C@@H]2O. The number of aliphatic hydroxyl groups excluding tert-OH is 2. The number of hydrogen-bond acceptors (Lipinski definition) is 4. The molecule has 0 bridgehead atoms. The highest BCUT2D eigenvalue weighted by Gasteiger charge is 2.29. The predicted octanol–water partition coefficient (Wildman–Crippen LogP) is 2.63. The molecule has 1 aliphatic heterocycles. The van der Waals surface area contributed by atoms with Crippen LogP contribution in [0.4, 0.5) is 0 Å². The Balaban J connectivity index is 1.55. The molecule has 2 aromatic carbocycles. The van der Waals surface area contributed by atoms with Crippen LogP contribution in [0.25, 0.3) is 0 Å². The van der Waals surface area contributed by atoms with Crippen LogP contribution in [0.15, 0.2) is 48.5 Å². The van der Waals surface area contributed by atoms with E-state index in [1.165, 1.54) is 5.56 Å². The minimum Gasteiger partial charge on any atom is -0.508 e. The van der Waals surface area contributed by atoms with Gasteiger partial charge in [0.15, 0.2) is 0 Å². The van der Waals surface area contributed by atoms with Gasteiger partial charge in [-0.3, -0.25) is 4.90 Å². The maximum atomic E-state index is 10.5. The summed E-state index contributed by atoms with van der Waals surface area (Å²) in [6.45, 7) is 1.44. The van der Waals surface area contributed by atoms with E-state index in [1.807, 2.05) is 11.0 Å². The van der Waals surface area contributed by atoms with E-state index in [0.717, 1.165) is 37.8 Å². The van der Waals surface area contributed by atoms with Gasteiger partial charge in [0.25, 0.3) is 0 Å². The van der Waals surface area contributed by atoms with Crippen molar-refractivity contribution in [3.05, 3.63) is 65.2 Å². The van der Waals surface area contributed by atoms with Crippen LogP contribution in [0.5, 0.6) is 5.75 Å². The van der Waals surface area contributed by atoms with Crippen LogP contribution in [0.1, 0.15) is 35.6 Å². The molecule has 0 amide bonds. The lowest BCUT2D eigenvalue weighted by molar-refractivity contribution is -0.0813. The molecule has 4 nitrogen and oxygen atoms in total. The second kappa shape index (κ2) is 7.79. The molecule has 128 valence electrons. The largest absolute Gasteiger partial charge is 0.508 e. The molecule has 24 heavy (non-hydrogen) atoms. The van der Waals surface area contributed by atoms with Gasteiger partial charge in [0.2, 0.25) is 0 Å². The summed E-state index contributed by atoms with van der Waals surface area (Å²) >= 11 is 0. The third-order valence-electron chi connectivity index (χ3n) is 4.77. The van der Waals surface area contributed by atoms with E-state index >= 15 is 0 Å². The van der Waals surface area contributed by atoms with Crippen molar-refractivity contribution in [1.82, 2.24) is 4.90 Å². The Labute approximate surface area is 143 Å². The molecule has 0 saturated heterocycles. The molecular formula is C20H25NO3. The van der Waals surface area contributed by atoms with E-state index in [1.54, 1.807) is 18.2 Å². The Morgan fingerprint density at radius 2 is 1.79 bits per heavy atom. The van der Waals surface area contributed by atoms with Gasteiger partial charge in [-0.15, -0.1) is 0 Å². The average Bonchev–Trinajstić information content (AvgIpc) is 2.71. The number of phenols is 1. The Morgan fingerprint density at radius 3 is 2.58 bits per heavy atom. The average molecular weight is 327 g/mol. The molecule has 0 aromatic heterocycles. The summed E-state index contributed by atoms with van der Waals surface area (Å²) in [7, 11) is 0. The van der Waals surface area contributed by atoms with Gasteiger partial charge in [-0.25, -0.2) is 0 Å². The van der Waals surface area contributed by atoms with Gasteiger partial charge < -0.3 is 15.3 Å². The van der Waals surface area contributed by atoms with Crippen molar-refractivity contribution in [2.75, 3.05) is 13.1 Å². The quantitative estimate of drug-likeness (QED) is 0.739. The lowest BCUT2D eigenvalue weighted by Crippen LogP contribution is -2.39. The van der Waals surface area contributed by atoms with Gasteiger partial charge in [0, 0.05) is 13.1 Å². The van der Waals surface area contributed by atoms with Crippen molar-refractivity contribution in [2.24, 2.45) is 0 Å². The fraction of sp³-hybridized carbons (Fsp3) is 0.400. The fourth-order valence-corrected chi connectivity index (χ4v) is 3.39. The van der Waals surface area contributed by atoms with Crippen LogP contribution in [-0.2, 0) is 12.8 Å². The molecule has 0 saturated carbocycles. The summed E-state index contributed by atoms with van der Waals surface area (Å²) in [4.78, 5) is 1.94. The fourth-order valence-electron chi connectivity index (χ4n) is 3.39. The van der Waals surface area contributed by atoms with Gasteiger partial charge in [-0.05, 0) is 54.5 Å². The molecule has 2 aromatic rings. The van der Waals surface area contributed by atoms with E-state index in [-0.39, 0.29) is 5.75 Å². The van der Waals surface area contributed by atoms with Gasteiger partial charge in [0.1, 0.15) is 18.1 Å². The number of fused-ring (bicyclic) bond motifs is 1. The molecule has 4 heteroatoms. The van der Waals surface area contributed by atoms with Crippen molar-refractivity contribution in [1.29, 1.82) is 0 Å². The number of phenolic OH excluding ortho intramolecular Hbond substituents is 1. The van der Waals surface area contributed by atoms with Gasteiger partial charge in [0.05, 0.1) is 0 Å². The smallest absolute Gasteiger partial charge is 0.137 e. The molecular weight excluding hydrogens is 302 g/mol. The molecule has 3 N–H and O–H groups in total. The van der Waals surface area contributed by atoms with Crippen molar-refractivity contribution in [3.8, 4) is 5.75 Å². The number of nitrogens with zero attached hydrogens (tertiary/aromatic N) is 1. The Morgan fingerprint density at radius 1 is 1.00 bits per heavy atom. The van der Waals surface area contributed by atoms with Crippen molar-refractivity contribution < 1.29 is 15.3 Å². The standard InChI is InChI=1S/C20H25NO3/c22-17-9-10-18-16(14-17)11-13-21(20(24)19(18)23)12-5-4-8-15-6-2-1-3-7-15/h1-3,6-7,9-10,14,19-20,22-24H,4-5,8,11-13H2/t19-,20-/m1/s1. The number of hydrogen-bond donors (Lipinski definition) is 3. The molecule has 1 heterocycles. The maximum absolute atomic E-state index is 10.5. The zero-order valence-corrected chi connectivity index (χ0v) is 13.8. The monoisotopic (exact) mass is 327 g/mol. The third kappa shape index (κ3) is 3.96. The highest BCUT2D eigenvalue weighted by molar-refractivity contribution is 5.37. The van der Waals surface area contributed by atoms with Crippen molar-refractivity contribution in [2.45, 2.75) is 38.0 Å². The molecule has 3 rings (SSSR count). The van der Waals surface area contributed by atoms with E-state index in [0.29, 0.717) is 12.1 Å². The number of aliphatic hydroxyl groups is 2. The molecule has 0 unspecified atom stereocenters. The first kappa shape index (κ1) is 17.0. The number of unbranched alkanes of at least 4 members (excludes halogenated alkanes) is 1. The second-order valence-electron chi connectivity index (χ2n) is 6.47. The first-order valence-corrected chi connectivity index (χ1v) is 8.61. The number of rotatable bonds is 5. The van der Waals surface area contributed by atoms with E-state index in [4.69, 9.17) is 0 Å².